The monoisotopic (exact) mass is 274 g/mol. The highest BCUT2D eigenvalue weighted by atomic mass is 35.5. The van der Waals surface area contributed by atoms with Crippen LogP contribution in [0, 0.1) is 22.6 Å². The van der Waals surface area contributed by atoms with Gasteiger partial charge in [-0.05, 0) is 32.4 Å². The lowest BCUT2D eigenvalue weighted by molar-refractivity contribution is 0.466. The number of nitrogens with one attached hydrogen (secondary N) is 1. The summed E-state index contributed by atoms with van der Waals surface area (Å²) in [6.45, 7) is 4.25. The minimum absolute atomic E-state index is 0.241. The molecule has 92 valence electrons. The molecule has 0 aromatic heterocycles. The molecular formula is C12H13Cl2FN2. The topological polar surface area (TPSA) is 35.8 Å². The third kappa shape index (κ3) is 4.07. The van der Waals surface area contributed by atoms with E-state index in [0.29, 0.717) is 18.7 Å². The van der Waals surface area contributed by atoms with Crippen LogP contribution in [0.1, 0.15) is 20.3 Å². The number of hydrogen-bond donors (Lipinski definition) is 1. The van der Waals surface area contributed by atoms with Crippen molar-refractivity contribution in [3.8, 4) is 6.07 Å². The molecule has 0 spiro atoms. The van der Waals surface area contributed by atoms with Gasteiger partial charge in [-0.2, -0.15) is 5.26 Å². The van der Waals surface area contributed by atoms with Crippen molar-refractivity contribution in [2.45, 2.75) is 20.3 Å². The minimum Gasteiger partial charge on any atom is -0.383 e. The van der Waals surface area contributed by atoms with Crippen LogP contribution >= 0.6 is 23.2 Å². The summed E-state index contributed by atoms with van der Waals surface area (Å²) in [7, 11) is 0. The predicted octanol–water partition coefficient (Wildman–Crippen LogP) is 4.48. The number of rotatable bonds is 4. The summed E-state index contributed by atoms with van der Waals surface area (Å²) in [6, 6.07) is 4.60. The van der Waals surface area contributed by atoms with Crippen molar-refractivity contribution in [2.75, 3.05) is 11.9 Å². The Morgan fingerprint density at radius 2 is 1.88 bits per heavy atom. The van der Waals surface area contributed by atoms with Crippen molar-refractivity contribution in [1.82, 2.24) is 0 Å². The molecule has 1 aromatic carbocycles. The van der Waals surface area contributed by atoms with Gasteiger partial charge in [0.2, 0.25) is 0 Å². The third-order valence-electron chi connectivity index (χ3n) is 2.36. The summed E-state index contributed by atoms with van der Waals surface area (Å²) >= 11 is 11.7. The van der Waals surface area contributed by atoms with Crippen molar-refractivity contribution in [1.29, 1.82) is 5.26 Å². The standard InChI is InChI=1S/C12H13Cl2FN2/c1-12(2,7-16)3-4-17-11-9(13)5-8(15)6-10(11)14/h5-6,17H,3-4H2,1-2H3. The van der Waals surface area contributed by atoms with Gasteiger partial charge in [-0.15, -0.1) is 0 Å². The molecule has 1 N–H and O–H groups in total. The number of nitriles is 1. The first-order valence-electron chi connectivity index (χ1n) is 5.15. The van der Waals surface area contributed by atoms with Crippen LogP contribution in [-0.4, -0.2) is 6.54 Å². The summed E-state index contributed by atoms with van der Waals surface area (Å²) in [5.41, 5.74) is 0.0925. The fourth-order valence-electron chi connectivity index (χ4n) is 1.27. The Morgan fingerprint density at radius 1 is 1.35 bits per heavy atom. The summed E-state index contributed by atoms with van der Waals surface area (Å²) in [4.78, 5) is 0. The molecule has 1 rings (SSSR count). The van der Waals surface area contributed by atoms with E-state index < -0.39 is 11.2 Å². The number of anilines is 1. The maximum absolute atomic E-state index is 12.9. The Bertz CT molecular complexity index is 429. The molecule has 0 aliphatic heterocycles. The van der Waals surface area contributed by atoms with E-state index >= 15 is 0 Å². The van der Waals surface area contributed by atoms with E-state index in [1.54, 1.807) is 0 Å². The maximum Gasteiger partial charge on any atom is 0.126 e. The Morgan fingerprint density at radius 3 is 2.35 bits per heavy atom. The molecule has 0 bridgehead atoms. The fourth-order valence-corrected chi connectivity index (χ4v) is 1.86. The van der Waals surface area contributed by atoms with Gasteiger partial charge in [-0.1, -0.05) is 23.2 Å². The highest BCUT2D eigenvalue weighted by Crippen LogP contribution is 2.31. The highest BCUT2D eigenvalue weighted by Gasteiger charge is 2.16. The molecule has 2 nitrogen and oxygen atoms in total. The lowest BCUT2D eigenvalue weighted by Crippen LogP contribution is -2.15. The van der Waals surface area contributed by atoms with Gasteiger partial charge in [0.1, 0.15) is 5.82 Å². The average molecular weight is 275 g/mol. The van der Waals surface area contributed by atoms with Gasteiger partial charge >= 0.3 is 0 Å². The Labute approximate surface area is 110 Å². The molecule has 0 aliphatic carbocycles. The van der Waals surface area contributed by atoms with Crippen molar-refractivity contribution in [2.24, 2.45) is 5.41 Å². The second kappa shape index (κ2) is 5.57. The van der Waals surface area contributed by atoms with E-state index in [0.717, 1.165) is 0 Å². The van der Waals surface area contributed by atoms with Gasteiger partial charge in [0.05, 0.1) is 27.2 Å². The van der Waals surface area contributed by atoms with Gasteiger partial charge in [-0.25, -0.2) is 4.39 Å². The zero-order valence-electron chi connectivity index (χ0n) is 9.65. The summed E-state index contributed by atoms with van der Waals surface area (Å²) in [6.07, 6.45) is 0.646. The third-order valence-corrected chi connectivity index (χ3v) is 2.96. The quantitative estimate of drug-likeness (QED) is 0.879. The lowest BCUT2D eigenvalue weighted by atomic mass is 9.91. The van der Waals surface area contributed by atoms with Crippen LogP contribution in [0.25, 0.3) is 0 Å². The molecule has 1 aromatic rings. The zero-order valence-corrected chi connectivity index (χ0v) is 11.2. The smallest absolute Gasteiger partial charge is 0.126 e. The van der Waals surface area contributed by atoms with E-state index in [1.807, 2.05) is 13.8 Å². The van der Waals surface area contributed by atoms with E-state index in [1.165, 1.54) is 12.1 Å². The Kier molecular flexibility index (Phi) is 4.62. The number of hydrogen-bond acceptors (Lipinski definition) is 2. The van der Waals surface area contributed by atoms with E-state index in [9.17, 15) is 4.39 Å². The average Bonchev–Trinajstić information content (AvgIpc) is 2.22. The molecule has 0 heterocycles. The Hall–Kier alpha value is -0.980. The highest BCUT2D eigenvalue weighted by molar-refractivity contribution is 6.39. The van der Waals surface area contributed by atoms with Crippen LogP contribution in [0.2, 0.25) is 10.0 Å². The largest absolute Gasteiger partial charge is 0.383 e. The number of halogens is 3. The first-order valence-corrected chi connectivity index (χ1v) is 5.91. The maximum atomic E-state index is 12.9. The molecule has 0 amide bonds. The molecule has 0 unspecified atom stereocenters. The van der Waals surface area contributed by atoms with E-state index in [2.05, 4.69) is 11.4 Å². The Balaban J connectivity index is 2.68. The van der Waals surface area contributed by atoms with Crippen molar-refractivity contribution < 1.29 is 4.39 Å². The molecule has 0 saturated heterocycles. The summed E-state index contributed by atoms with van der Waals surface area (Å²) in [5.74, 6) is -0.470. The molecule has 0 fully saturated rings. The molecule has 0 atom stereocenters. The molecule has 0 radical (unpaired) electrons. The predicted molar refractivity (Wildman–Crippen MR) is 68.9 cm³/mol. The van der Waals surface area contributed by atoms with Gasteiger partial charge in [-0.3, -0.25) is 0 Å². The molecule has 0 saturated carbocycles. The number of benzene rings is 1. The van der Waals surface area contributed by atoms with Gasteiger partial charge < -0.3 is 5.32 Å². The van der Waals surface area contributed by atoms with Crippen LogP contribution < -0.4 is 5.32 Å². The van der Waals surface area contributed by atoms with Crippen LogP contribution in [0.5, 0.6) is 0 Å². The van der Waals surface area contributed by atoms with Gasteiger partial charge in [0.15, 0.2) is 0 Å². The SMILES string of the molecule is CC(C)(C#N)CCNc1c(Cl)cc(F)cc1Cl. The molecule has 5 heteroatoms. The molecule has 17 heavy (non-hydrogen) atoms. The first-order chi connectivity index (χ1) is 7.85. The van der Waals surface area contributed by atoms with Crippen LogP contribution in [0.3, 0.4) is 0 Å². The van der Waals surface area contributed by atoms with Crippen LogP contribution in [0.4, 0.5) is 10.1 Å². The van der Waals surface area contributed by atoms with Gasteiger partial charge in [0.25, 0.3) is 0 Å². The van der Waals surface area contributed by atoms with E-state index in [-0.39, 0.29) is 10.0 Å². The number of nitrogens with zero attached hydrogens (tertiary/aromatic N) is 1. The van der Waals surface area contributed by atoms with Crippen molar-refractivity contribution in [3.05, 3.63) is 28.0 Å². The molecule has 0 aliphatic rings. The van der Waals surface area contributed by atoms with Crippen molar-refractivity contribution >= 4 is 28.9 Å². The van der Waals surface area contributed by atoms with Gasteiger partial charge in [0, 0.05) is 6.54 Å². The second-order valence-corrected chi connectivity index (χ2v) is 5.23. The van der Waals surface area contributed by atoms with Crippen LogP contribution in [-0.2, 0) is 0 Å². The summed E-state index contributed by atoms with van der Waals surface area (Å²) < 4.78 is 12.9. The van der Waals surface area contributed by atoms with E-state index in [4.69, 9.17) is 28.5 Å². The fraction of sp³-hybridized carbons (Fsp3) is 0.417. The normalized spacial score (nSPS) is 11.1. The summed E-state index contributed by atoms with van der Waals surface area (Å²) in [5, 5.41) is 12.4. The van der Waals surface area contributed by atoms with Crippen LogP contribution in [0.15, 0.2) is 12.1 Å². The zero-order chi connectivity index (χ0) is 13.1. The van der Waals surface area contributed by atoms with Crippen molar-refractivity contribution in [3.63, 3.8) is 0 Å². The second-order valence-electron chi connectivity index (χ2n) is 4.42. The lowest BCUT2D eigenvalue weighted by Gasteiger charge is -2.16. The molecular weight excluding hydrogens is 262 g/mol. The first kappa shape index (κ1) is 14.1. The minimum atomic E-state index is -0.470.